The van der Waals surface area contributed by atoms with Crippen molar-refractivity contribution in [1.82, 2.24) is 0 Å². The van der Waals surface area contributed by atoms with Crippen LogP contribution in [0.25, 0.3) is 0 Å². The molecule has 2 aliphatic heterocycles. The molecule has 0 aliphatic carbocycles. The van der Waals surface area contributed by atoms with Crippen LogP contribution in [-0.4, -0.2) is 28.4 Å². The SMILES string of the molecule is CC(O)c1ccc(N2C3CCC2CC(O)C3)cc1. The molecule has 2 heterocycles. The van der Waals surface area contributed by atoms with Gasteiger partial charge in [-0.2, -0.15) is 0 Å². The highest BCUT2D eigenvalue weighted by molar-refractivity contribution is 5.51. The number of nitrogens with zero attached hydrogens (tertiary/aromatic N) is 1. The summed E-state index contributed by atoms with van der Waals surface area (Å²) in [6.45, 7) is 1.79. The largest absolute Gasteiger partial charge is 0.393 e. The lowest BCUT2D eigenvalue weighted by molar-refractivity contribution is 0.126. The number of anilines is 1. The number of fused-ring (bicyclic) bond motifs is 2. The maximum Gasteiger partial charge on any atom is 0.0761 e. The van der Waals surface area contributed by atoms with Crippen molar-refractivity contribution >= 4 is 5.69 Å². The third-order valence-electron chi connectivity index (χ3n) is 4.38. The fourth-order valence-electron chi connectivity index (χ4n) is 3.49. The minimum Gasteiger partial charge on any atom is -0.393 e. The van der Waals surface area contributed by atoms with Crippen LogP contribution in [0.4, 0.5) is 5.69 Å². The molecule has 3 atom stereocenters. The lowest BCUT2D eigenvalue weighted by atomic mass is 9.98. The Kier molecular flexibility index (Phi) is 3.04. The van der Waals surface area contributed by atoms with E-state index in [0.717, 1.165) is 18.4 Å². The number of benzene rings is 1. The maximum absolute atomic E-state index is 9.81. The van der Waals surface area contributed by atoms with Gasteiger partial charge in [0.2, 0.25) is 0 Å². The van der Waals surface area contributed by atoms with Gasteiger partial charge in [0.25, 0.3) is 0 Å². The Hall–Kier alpha value is -1.06. The van der Waals surface area contributed by atoms with Gasteiger partial charge in [-0.05, 0) is 50.3 Å². The molecular weight excluding hydrogens is 226 g/mol. The second-order valence-electron chi connectivity index (χ2n) is 5.69. The molecule has 18 heavy (non-hydrogen) atoms. The van der Waals surface area contributed by atoms with Crippen molar-refractivity contribution in [3.8, 4) is 0 Å². The van der Waals surface area contributed by atoms with Gasteiger partial charge in [-0.25, -0.2) is 0 Å². The summed E-state index contributed by atoms with van der Waals surface area (Å²) in [5.74, 6) is 0. The van der Waals surface area contributed by atoms with Gasteiger partial charge in [0, 0.05) is 17.8 Å². The van der Waals surface area contributed by atoms with E-state index in [1.807, 2.05) is 12.1 Å². The zero-order valence-electron chi connectivity index (χ0n) is 10.8. The van der Waals surface area contributed by atoms with Crippen molar-refractivity contribution in [3.63, 3.8) is 0 Å². The third kappa shape index (κ3) is 2.02. The third-order valence-corrected chi connectivity index (χ3v) is 4.38. The van der Waals surface area contributed by atoms with Crippen LogP contribution in [0.3, 0.4) is 0 Å². The summed E-state index contributed by atoms with van der Waals surface area (Å²) >= 11 is 0. The van der Waals surface area contributed by atoms with Crippen LogP contribution in [-0.2, 0) is 0 Å². The Morgan fingerprint density at radius 3 is 2.17 bits per heavy atom. The first-order chi connectivity index (χ1) is 8.65. The van der Waals surface area contributed by atoms with Crippen molar-refractivity contribution < 1.29 is 10.2 Å². The van der Waals surface area contributed by atoms with E-state index in [1.165, 1.54) is 18.5 Å². The number of rotatable bonds is 2. The highest BCUT2D eigenvalue weighted by Gasteiger charge is 2.40. The summed E-state index contributed by atoms with van der Waals surface area (Å²) in [7, 11) is 0. The molecule has 3 unspecified atom stereocenters. The van der Waals surface area contributed by atoms with Crippen molar-refractivity contribution in [2.75, 3.05) is 4.90 Å². The molecule has 3 heteroatoms. The van der Waals surface area contributed by atoms with E-state index >= 15 is 0 Å². The predicted molar refractivity (Wildman–Crippen MR) is 71.6 cm³/mol. The van der Waals surface area contributed by atoms with Gasteiger partial charge in [0.15, 0.2) is 0 Å². The molecule has 3 nitrogen and oxygen atoms in total. The molecule has 98 valence electrons. The average molecular weight is 247 g/mol. The molecule has 2 N–H and O–H groups in total. The van der Waals surface area contributed by atoms with Gasteiger partial charge < -0.3 is 15.1 Å². The van der Waals surface area contributed by atoms with E-state index in [2.05, 4.69) is 17.0 Å². The molecule has 2 saturated heterocycles. The topological polar surface area (TPSA) is 43.7 Å². The van der Waals surface area contributed by atoms with Gasteiger partial charge in [-0.15, -0.1) is 0 Å². The first-order valence-electron chi connectivity index (χ1n) is 6.89. The Morgan fingerprint density at radius 1 is 1.11 bits per heavy atom. The fourth-order valence-corrected chi connectivity index (χ4v) is 3.49. The van der Waals surface area contributed by atoms with Crippen LogP contribution >= 0.6 is 0 Å². The standard InChI is InChI=1S/C15H21NO2/c1-10(17)11-2-4-12(5-3-11)16-13-6-7-14(16)9-15(18)8-13/h2-5,10,13-15,17-18H,6-9H2,1H3. The van der Waals surface area contributed by atoms with Crippen LogP contribution in [0.15, 0.2) is 24.3 Å². The predicted octanol–water partition coefficient (Wildman–Crippen LogP) is 2.23. The second-order valence-corrected chi connectivity index (χ2v) is 5.69. The summed E-state index contributed by atoms with van der Waals surface area (Å²) in [4.78, 5) is 2.47. The van der Waals surface area contributed by atoms with E-state index in [0.29, 0.717) is 12.1 Å². The van der Waals surface area contributed by atoms with Crippen LogP contribution < -0.4 is 4.90 Å². The van der Waals surface area contributed by atoms with Crippen molar-refractivity contribution in [3.05, 3.63) is 29.8 Å². The smallest absolute Gasteiger partial charge is 0.0761 e. The molecule has 2 bridgehead atoms. The molecule has 0 aromatic heterocycles. The lowest BCUT2D eigenvalue weighted by Gasteiger charge is -2.39. The Balaban J connectivity index is 1.83. The van der Waals surface area contributed by atoms with Crippen LogP contribution in [0.1, 0.15) is 44.3 Å². The Labute approximate surface area is 108 Å². The number of aliphatic hydroxyl groups excluding tert-OH is 2. The van der Waals surface area contributed by atoms with Crippen LogP contribution in [0.2, 0.25) is 0 Å². The zero-order chi connectivity index (χ0) is 12.7. The fraction of sp³-hybridized carbons (Fsp3) is 0.600. The number of hydrogen-bond donors (Lipinski definition) is 2. The lowest BCUT2D eigenvalue weighted by Crippen LogP contribution is -2.44. The highest BCUT2D eigenvalue weighted by atomic mass is 16.3. The minimum atomic E-state index is -0.404. The maximum atomic E-state index is 9.81. The van der Waals surface area contributed by atoms with E-state index < -0.39 is 6.10 Å². The quantitative estimate of drug-likeness (QED) is 0.842. The van der Waals surface area contributed by atoms with E-state index in [4.69, 9.17) is 0 Å². The molecule has 0 radical (unpaired) electrons. The summed E-state index contributed by atoms with van der Waals surface area (Å²) in [6.07, 6.45) is 3.66. The van der Waals surface area contributed by atoms with E-state index in [9.17, 15) is 10.2 Å². The molecular formula is C15H21NO2. The van der Waals surface area contributed by atoms with Crippen LogP contribution in [0, 0.1) is 0 Å². The molecule has 2 fully saturated rings. The summed E-state index contributed by atoms with van der Waals surface area (Å²) in [6, 6.07) is 9.21. The normalized spacial score (nSPS) is 32.6. The molecule has 3 rings (SSSR count). The molecule has 1 aromatic rings. The molecule has 0 spiro atoms. The number of aliphatic hydroxyl groups is 2. The Bertz CT molecular complexity index is 401. The van der Waals surface area contributed by atoms with Crippen molar-refractivity contribution in [1.29, 1.82) is 0 Å². The first kappa shape index (κ1) is 12.0. The molecule has 1 aromatic carbocycles. The van der Waals surface area contributed by atoms with Gasteiger partial charge in [0.1, 0.15) is 0 Å². The summed E-state index contributed by atoms with van der Waals surface area (Å²) in [5.41, 5.74) is 2.20. The van der Waals surface area contributed by atoms with Gasteiger partial charge >= 0.3 is 0 Å². The highest BCUT2D eigenvalue weighted by Crippen LogP contribution is 2.39. The van der Waals surface area contributed by atoms with Crippen LogP contribution in [0.5, 0.6) is 0 Å². The average Bonchev–Trinajstić information content (AvgIpc) is 2.62. The van der Waals surface area contributed by atoms with Crippen molar-refractivity contribution in [2.24, 2.45) is 0 Å². The minimum absolute atomic E-state index is 0.115. The first-order valence-corrected chi connectivity index (χ1v) is 6.89. The van der Waals surface area contributed by atoms with E-state index in [-0.39, 0.29) is 6.10 Å². The summed E-state index contributed by atoms with van der Waals surface area (Å²) < 4.78 is 0. The zero-order valence-corrected chi connectivity index (χ0v) is 10.8. The van der Waals surface area contributed by atoms with Gasteiger partial charge in [0.05, 0.1) is 12.2 Å². The second kappa shape index (κ2) is 4.56. The summed E-state index contributed by atoms with van der Waals surface area (Å²) in [5, 5.41) is 19.3. The number of piperidine rings is 1. The van der Waals surface area contributed by atoms with Crippen molar-refractivity contribution in [2.45, 2.75) is 56.9 Å². The monoisotopic (exact) mass is 247 g/mol. The van der Waals surface area contributed by atoms with Gasteiger partial charge in [-0.3, -0.25) is 0 Å². The number of hydrogen-bond acceptors (Lipinski definition) is 3. The Morgan fingerprint density at radius 2 is 1.67 bits per heavy atom. The molecule has 0 amide bonds. The van der Waals surface area contributed by atoms with E-state index in [1.54, 1.807) is 6.92 Å². The van der Waals surface area contributed by atoms with Gasteiger partial charge in [-0.1, -0.05) is 12.1 Å². The molecule has 2 aliphatic rings. The molecule has 0 saturated carbocycles.